The van der Waals surface area contributed by atoms with E-state index >= 15 is 0 Å². The molecule has 0 unspecified atom stereocenters. The number of nitrogens with zero attached hydrogens (tertiary/aromatic N) is 5. The predicted molar refractivity (Wildman–Crippen MR) is 88.7 cm³/mol. The summed E-state index contributed by atoms with van der Waals surface area (Å²) < 4.78 is 1.94. The van der Waals surface area contributed by atoms with Gasteiger partial charge in [0.2, 0.25) is 5.96 Å². The summed E-state index contributed by atoms with van der Waals surface area (Å²) in [7, 11) is 0. The van der Waals surface area contributed by atoms with Gasteiger partial charge in [0.1, 0.15) is 0 Å². The molecule has 1 atom stereocenters. The number of rotatable bonds is 3. The Labute approximate surface area is 135 Å². The van der Waals surface area contributed by atoms with Gasteiger partial charge >= 0.3 is 0 Å². The Bertz CT molecular complexity index is 780. The van der Waals surface area contributed by atoms with Crippen molar-refractivity contribution < 1.29 is 4.79 Å². The van der Waals surface area contributed by atoms with Gasteiger partial charge in [-0.3, -0.25) is 14.6 Å². The number of hydrogen-bond acceptors (Lipinski definition) is 4. The summed E-state index contributed by atoms with van der Waals surface area (Å²) in [6.07, 6.45) is 1.76. The molecule has 118 valence electrons. The number of carbonyl (C=O) groups is 1. The third-order valence-corrected chi connectivity index (χ3v) is 4.30. The maximum Gasteiger partial charge on any atom is 0.281 e. The number of aromatic nitrogens is 2. The van der Waals surface area contributed by atoms with Crippen LogP contribution in [0.2, 0.25) is 0 Å². The lowest BCUT2D eigenvalue weighted by Gasteiger charge is -2.33. The second-order valence-electron chi connectivity index (χ2n) is 5.97. The molecule has 0 spiro atoms. The number of anilines is 1. The van der Waals surface area contributed by atoms with Gasteiger partial charge in [-0.2, -0.15) is 0 Å². The zero-order valence-electron chi connectivity index (χ0n) is 13.3. The van der Waals surface area contributed by atoms with E-state index in [-0.39, 0.29) is 11.9 Å². The van der Waals surface area contributed by atoms with Gasteiger partial charge in [-0.1, -0.05) is 30.3 Å². The summed E-state index contributed by atoms with van der Waals surface area (Å²) >= 11 is 0. The highest BCUT2D eigenvalue weighted by Crippen LogP contribution is 2.31. The number of aliphatic imine (C=N–C) groups is 1. The molecule has 6 heteroatoms. The van der Waals surface area contributed by atoms with Gasteiger partial charge in [0.25, 0.3) is 5.91 Å². The van der Waals surface area contributed by atoms with Crippen LogP contribution in [0.15, 0.2) is 41.7 Å². The van der Waals surface area contributed by atoms with E-state index in [0.717, 1.165) is 23.9 Å². The Morgan fingerprint density at radius 2 is 2.04 bits per heavy atom. The number of hydrogen-bond donors (Lipinski definition) is 0. The predicted octanol–water partition coefficient (Wildman–Crippen LogP) is 1.97. The summed E-state index contributed by atoms with van der Waals surface area (Å²) in [5.74, 6) is 1.46. The second-order valence-corrected chi connectivity index (χ2v) is 5.97. The fourth-order valence-corrected chi connectivity index (χ4v) is 3.24. The Balaban J connectivity index is 1.77. The molecule has 1 amide bonds. The van der Waals surface area contributed by atoms with E-state index in [0.29, 0.717) is 18.8 Å². The van der Waals surface area contributed by atoms with Crippen LogP contribution in [0.3, 0.4) is 0 Å². The van der Waals surface area contributed by atoms with Crippen LogP contribution in [-0.2, 0) is 6.54 Å². The van der Waals surface area contributed by atoms with E-state index in [1.165, 1.54) is 0 Å². The van der Waals surface area contributed by atoms with E-state index in [1.807, 2.05) is 29.7 Å². The molecule has 0 aliphatic carbocycles. The molecule has 1 aromatic carbocycles. The number of benzene rings is 1. The highest BCUT2D eigenvalue weighted by molar-refractivity contribution is 6.18. The van der Waals surface area contributed by atoms with E-state index in [1.54, 1.807) is 11.2 Å². The summed E-state index contributed by atoms with van der Waals surface area (Å²) in [6, 6.07) is 10.3. The topological polar surface area (TPSA) is 53.7 Å². The number of guanidine groups is 1. The van der Waals surface area contributed by atoms with E-state index in [4.69, 9.17) is 0 Å². The fraction of sp³-hybridized carbons (Fsp3) is 0.353. The quantitative estimate of drug-likeness (QED) is 0.871. The SMILES string of the molecule is CCN1C(=O)c2c(ncn2Cc2ccccc2)N2C[C@@H](C)N=C12. The summed E-state index contributed by atoms with van der Waals surface area (Å²) in [4.78, 5) is 25.8. The summed E-state index contributed by atoms with van der Waals surface area (Å²) in [5.41, 5.74) is 1.81. The molecule has 0 radical (unpaired) electrons. The summed E-state index contributed by atoms with van der Waals surface area (Å²) in [6.45, 7) is 6.06. The molecule has 2 aliphatic rings. The van der Waals surface area contributed by atoms with Crippen LogP contribution < -0.4 is 4.90 Å². The first-order valence-electron chi connectivity index (χ1n) is 7.95. The van der Waals surface area contributed by atoms with Crippen LogP contribution in [0.25, 0.3) is 0 Å². The van der Waals surface area contributed by atoms with Crippen molar-refractivity contribution >= 4 is 17.7 Å². The molecule has 0 fully saturated rings. The van der Waals surface area contributed by atoms with Crippen molar-refractivity contribution in [2.24, 2.45) is 4.99 Å². The lowest BCUT2D eigenvalue weighted by Crippen LogP contribution is -2.50. The van der Waals surface area contributed by atoms with Crippen LogP contribution in [0.4, 0.5) is 5.82 Å². The molecule has 4 rings (SSSR count). The molecule has 23 heavy (non-hydrogen) atoms. The van der Waals surface area contributed by atoms with Gasteiger partial charge in [-0.15, -0.1) is 0 Å². The Hall–Kier alpha value is -2.63. The zero-order valence-corrected chi connectivity index (χ0v) is 13.3. The van der Waals surface area contributed by atoms with Crippen LogP contribution >= 0.6 is 0 Å². The van der Waals surface area contributed by atoms with Crippen LogP contribution in [-0.4, -0.2) is 45.4 Å². The number of amides is 1. The molecule has 0 bridgehead atoms. The third-order valence-electron chi connectivity index (χ3n) is 4.30. The highest BCUT2D eigenvalue weighted by Gasteiger charge is 2.41. The molecular formula is C17H19N5O. The minimum absolute atomic E-state index is 0.0139. The van der Waals surface area contributed by atoms with Gasteiger partial charge < -0.3 is 4.57 Å². The Kier molecular flexibility index (Phi) is 3.18. The Morgan fingerprint density at radius 1 is 1.26 bits per heavy atom. The van der Waals surface area contributed by atoms with E-state index in [2.05, 4.69) is 33.9 Å². The van der Waals surface area contributed by atoms with Gasteiger partial charge in [0.15, 0.2) is 11.5 Å². The largest absolute Gasteiger partial charge is 0.320 e. The number of imidazole rings is 1. The maximum absolute atomic E-state index is 12.9. The lowest BCUT2D eigenvalue weighted by atomic mass is 10.2. The van der Waals surface area contributed by atoms with Crippen molar-refractivity contribution in [1.29, 1.82) is 0 Å². The first kappa shape index (κ1) is 14.0. The average molecular weight is 309 g/mol. The Morgan fingerprint density at radius 3 is 2.78 bits per heavy atom. The third kappa shape index (κ3) is 2.13. The fourth-order valence-electron chi connectivity index (χ4n) is 3.24. The molecule has 6 nitrogen and oxygen atoms in total. The first-order chi connectivity index (χ1) is 11.2. The first-order valence-corrected chi connectivity index (χ1v) is 7.95. The monoisotopic (exact) mass is 309 g/mol. The molecule has 0 saturated carbocycles. The highest BCUT2D eigenvalue weighted by atomic mass is 16.2. The second kappa shape index (κ2) is 5.22. The minimum atomic E-state index is -0.0139. The van der Waals surface area contributed by atoms with Crippen molar-refractivity contribution in [2.45, 2.75) is 26.4 Å². The van der Waals surface area contributed by atoms with Crippen molar-refractivity contribution in [2.75, 3.05) is 18.0 Å². The maximum atomic E-state index is 12.9. The zero-order chi connectivity index (χ0) is 16.0. The number of carbonyl (C=O) groups excluding carboxylic acids is 1. The van der Waals surface area contributed by atoms with Crippen molar-refractivity contribution in [3.8, 4) is 0 Å². The van der Waals surface area contributed by atoms with Crippen molar-refractivity contribution in [3.63, 3.8) is 0 Å². The average Bonchev–Trinajstić information content (AvgIpc) is 3.13. The van der Waals surface area contributed by atoms with Gasteiger partial charge in [-0.05, 0) is 19.4 Å². The normalized spacial score (nSPS) is 19.7. The van der Waals surface area contributed by atoms with Crippen molar-refractivity contribution in [1.82, 2.24) is 14.5 Å². The molecular weight excluding hydrogens is 290 g/mol. The standard InChI is InChI=1S/C17H19N5O/c1-3-21-16(23)14-15(22-9-12(2)19-17(21)22)18-11-20(14)10-13-7-5-4-6-8-13/h4-8,11-12H,3,9-10H2,1-2H3/t12-/m1/s1. The van der Waals surface area contributed by atoms with E-state index < -0.39 is 0 Å². The number of fused-ring (bicyclic) bond motifs is 3. The van der Waals surface area contributed by atoms with Crippen molar-refractivity contribution in [3.05, 3.63) is 47.9 Å². The van der Waals surface area contributed by atoms with Gasteiger partial charge in [0.05, 0.1) is 12.4 Å². The molecule has 1 aromatic heterocycles. The molecule has 0 saturated heterocycles. The van der Waals surface area contributed by atoms with Crippen LogP contribution in [0, 0.1) is 0 Å². The summed E-state index contributed by atoms with van der Waals surface area (Å²) in [5, 5.41) is 0. The smallest absolute Gasteiger partial charge is 0.281 e. The molecule has 2 aliphatic heterocycles. The van der Waals surface area contributed by atoms with Crippen LogP contribution in [0.5, 0.6) is 0 Å². The molecule has 2 aromatic rings. The molecule has 3 heterocycles. The van der Waals surface area contributed by atoms with Gasteiger partial charge in [0, 0.05) is 19.6 Å². The lowest BCUT2D eigenvalue weighted by molar-refractivity contribution is 0.0836. The molecule has 0 N–H and O–H groups in total. The van der Waals surface area contributed by atoms with Crippen LogP contribution in [0.1, 0.15) is 29.9 Å². The minimum Gasteiger partial charge on any atom is -0.320 e. The van der Waals surface area contributed by atoms with Gasteiger partial charge in [-0.25, -0.2) is 9.98 Å². The van der Waals surface area contributed by atoms with E-state index in [9.17, 15) is 4.79 Å².